The van der Waals surface area contributed by atoms with Crippen LogP contribution < -0.4 is 5.32 Å². The fourth-order valence-corrected chi connectivity index (χ4v) is 6.95. The normalized spacial score (nSPS) is 16.3. The quantitative estimate of drug-likeness (QED) is 0.365. The molecule has 0 saturated carbocycles. The Morgan fingerprint density at radius 3 is 1.58 bits per heavy atom. The monoisotopic (exact) mass is 525 g/mol. The SMILES string of the molecule is Cc1ccc(S(=O)(=O)N2CCNCCN(C(c3ccccc3)(c3ccccc3)c3ccccc3)CC2)cc1. The van der Waals surface area contributed by atoms with Crippen LogP contribution in [0.5, 0.6) is 0 Å². The predicted molar refractivity (Wildman–Crippen MR) is 154 cm³/mol. The Morgan fingerprint density at radius 2 is 1.08 bits per heavy atom. The lowest BCUT2D eigenvalue weighted by Gasteiger charge is -2.46. The average molecular weight is 526 g/mol. The minimum absolute atomic E-state index is 0.342. The lowest BCUT2D eigenvalue weighted by atomic mass is 9.75. The highest BCUT2D eigenvalue weighted by molar-refractivity contribution is 7.89. The molecule has 0 aromatic heterocycles. The molecule has 0 bridgehead atoms. The number of hydrogen-bond acceptors (Lipinski definition) is 4. The molecule has 0 amide bonds. The van der Waals surface area contributed by atoms with E-state index in [1.807, 2.05) is 37.3 Å². The first-order valence-corrected chi connectivity index (χ1v) is 14.7. The average Bonchev–Trinajstić information content (AvgIpc) is 3.09. The van der Waals surface area contributed by atoms with E-state index >= 15 is 0 Å². The van der Waals surface area contributed by atoms with E-state index in [0.29, 0.717) is 31.1 Å². The third-order valence-electron chi connectivity index (χ3n) is 7.42. The van der Waals surface area contributed by atoms with Crippen molar-refractivity contribution in [2.75, 3.05) is 39.3 Å². The van der Waals surface area contributed by atoms with Gasteiger partial charge in [-0.2, -0.15) is 4.31 Å². The Morgan fingerprint density at radius 1 is 0.605 bits per heavy atom. The lowest BCUT2D eigenvalue weighted by molar-refractivity contribution is 0.154. The molecule has 5 nitrogen and oxygen atoms in total. The first kappa shape index (κ1) is 26.3. The minimum atomic E-state index is -3.63. The van der Waals surface area contributed by atoms with Gasteiger partial charge >= 0.3 is 0 Å². The van der Waals surface area contributed by atoms with Crippen LogP contribution in [-0.4, -0.2) is 56.9 Å². The maximum absolute atomic E-state index is 13.7. The molecule has 196 valence electrons. The number of sulfonamides is 1. The third kappa shape index (κ3) is 5.18. The summed E-state index contributed by atoms with van der Waals surface area (Å²) in [5, 5.41) is 3.50. The number of nitrogens with zero attached hydrogens (tertiary/aromatic N) is 2. The molecule has 0 aliphatic carbocycles. The van der Waals surface area contributed by atoms with Crippen molar-refractivity contribution in [2.45, 2.75) is 17.4 Å². The summed E-state index contributed by atoms with van der Waals surface area (Å²) in [6.07, 6.45) is 0. The topological polar surface area (TPSA) is 52.7 Å². The Hall–Kier alpha value is -3.29. The van der Waals surface area contributed by atoms with Gasteiger partial charge in [-0.05, 0) is 35.7 Å². The van der Waals surface area contributed by atoms with Gasteiger partial charge in [0.25, 0.3) is 0 Å². The minimum Gasteiger partial charge on any atom is -0.314 e. The van der Waals surface area contributed by atoms with Crippen LogP contribution in [0.4, 0.5) is 0 Å². The van der Waals surface area contributed by atoms with Crippen LogP contribution in [0.25, 0.3) is 0 Å². The zero-order valence-corrected chi connectivity index (χ0v) is 22.6. The van der Waals surface area contributed by atoms with E-state index in [2.05, 4.69) is 83.0 Å². The van der Waals surface area contributed by atoms with Crippen LogP contribution in [0, 0.1) is 6.92 Å². The summed E-state index contributed by atoms with van der Waals surface area (Å²) < 4.78 is 29.1. The maximum atomic E-state index is 13.7. The molecular weight excluding hydrogens is 490 g/mol. The zero-order valence-electron chi connectivity index (χ0n) is 21.8. The van der Waals surface area contributed by atoms with Crippen molar-refractivity contribution in [3.05, 3.63) is 138 Å². The smallest absolute Gasteiger partial charge is 0.243 e. The Bertz CT molecular complexity index is 1310. The van der Waals surface area contributed by atoms with E-state index in [4.69, 9.17) is 0 Å². The number of aryl methyl sites for hydroxylation is 1. The number of rotatable bonds is 6. The summed E-state index contributed by atoms with van der Waals surface area (Å²) in [6.45, 7) is 5.49. The summed E-state index contributed by atoms with van der Waals surface area (Å²) in [5.41, 5.74) is 3.92. The van der Waals surface area contributed by atoms with Gasteiger partial charge in [-0.15, -0.1) is 0 Å². The van der Waals surface area contributed by atoms with Gasteiger partial charge in [0, 0.05) is 39.3 Å². The van der Waals surface area contributed by atoms with Gasteiger partial charge in [0.05, 0.1) is 10.4 Å². The second-order valence-electron chi connectivity index (χ2n) is 9.76. The Balaban J connectivity index is 1.62. The molecule has 0 atom stereocenters. The number of nitrogens with one attached hydrogen (secondary N) is 1. The van der Waals surface area contributed by atoms with Crippen molar-refractivity contribution in [3.63, 3.8) is 0 Å². The van der Waals surface area contributed by atoms with Gasteiger partial charge in [-0.3, -0.25) is 4.90 Å². The van der Waals surface area contributed by atoms with Crippen molar-refractivity contribution in [1.29, 1.82) is 0 Å². The van der Waals surface area contributed by atoms with Crippen LogP contribution in [0.3, 0.4) is 0 Å². The first-order valence-electron chi connectivity index (χ1n) is 13.2. The zero-order chi connectivity index (χ0) is 26.4. The van der Waals surface area contributed by atoms with Crippen LogP contribution in [-0.2, 0) is 15.6 Å². The molecule has 0 unspecified atom stereocenters. The van der Waals surface area contributed by atoms with Gasteiger partial charge < -0.3 is 5.32 Å². The largest absolute Gasteiger partial charge is 0.314 e. The molecule has 1 N–H and O–H groups in total. The fourth-order valence-electron chi connectivity index (χ4n) is 5.52. The van der Waals surface area contributed by atoms with E-state index in [0.717, 1.165) is 35.3 Å². The highest BCUT2D eigenvalue weighted by Gasteiger charge is 2.42. The molecule has 5 rings (SSSR count). The van der Waals surface area contributed by atoms with Gasteiger partial charge in [-0.1, -0.05) is 109 Å². The summed E-state index contributed by atoms with van der Waals surface area (Å²) in [6, 6.07) is 38.9. The van der Waals surface area contributed by atoms with Gasteiger partial charge in [0.1, 0.15) is 0 Å². The van der Waals surface area contributed by atoms with Crippen LogP contribution in [0.1, 0.15) is 22.3 Å². The molecule has 0 radical (unpaired) electrons. The molecule has 1 saturated heterocycles. The van der Waals surface area contributed by atoms with Gasteiger partial charge in [0.2, 0.25) is 10.0 Å². The van der Waals surface area contributed by atoms with E-state index in [1.165, 1.54) is 0 Å². The summed E-state index contributed by atoms with van der Waals surface area (Å²) in [7, 11) is -3.63. The third-order valence-corrected chi connectivity index (χ3v) is 9.34. The van der Waals surface area contributed by atoms with E-state index < -0.39 is 15.6 Å². The summed E-state index contributed by atoms with van der Waals surface area (Å²) in [5.74, 6) is 0. The molecule has 4 aromatic rings. The van der Waals surface area contributed by atoms with Crippen molar-refractivity contribution in [2.24, 2.45) is 0 Å². The molecule has 38 heavy (non-hydrogen) atoms. The lowest BCUT2D eigenvalue weighted by Crippen LogP contribution is -2.52. The molecule has 1 aliphatic heterocycles. The van der Waals surface area contributed by atoms with Crippen LogP contribution >= 0.6 is 0 Å². The van der Waals surface area contributed by atoms with Crippen molar-refractivity contribution in [3.8, 4) is 0 Å². The second kappa shape index (κ2) is 11.6. The summed E-state index contributed by atoms with van der Waals surface area (Å²) in [4.78, 5) is 2.79. The van der Waals surface area contributed by atoms with Crippen LogP contribution in [0.15, 0.2) is 120 Å². The molecule has 4 aromatic carbocycles. The Labute approximate surface area is 226 Å². The van der Waals surface area contributed by atoms with Crippen LogP contribution in [0.2, 0.25) is 0 Å². The second-order valence-corrected chi connectivity index (χ2v) is 11.7. The first-order chi connectivity index (χ1) is 18.5. The maximum Gasteiger partial charge on any atom is 0.243 e. The van der Waals surface area contributed by atoms with Gasteiger partial charge in [-0.25, -0.2) is 8.42 Å². The van der Waals surface area contributed by atoms with E-state index in [9.17, 15) is 8.42 Å². The highest BCUT2D eigenvalue weighted by atomic mass is 32.2. The predicted octanol–water partition coefficient (Wildman–Crippen LogP) is 4.88. The van der Waals surface area contributed by atoms with Crippen molar-refractivity contribution in [1.82, 2.24) is 14.5 Å². The molecule has 0 spiro atoms. The molecule has 1 aliphatic rings. The fraction of sp³-hybridized carbons (Fsp3) is 0.250. The highest BCUT2D eigenvalue weighted by Crippen LogP contribution is 2.42. The van der Waals surface area contributed by atoms with Crippen molar-refractivity contribution >= 4 is 10.0 Å². The standard InChI is InChI=1S/C32H35N3O2S/c1-27-17-19-31(20-18-27)38(36,37)35-24-22-33-21-23-34(25-26-35)32(28-11-5-2-6-12-28,29-13-7-3-8-14-29)30-15-9-4-10-16-30/h2-20,33H,21-26H2,1H3. The number of hydrogen-bond donors (Lipinski definition) is 1. The van der Waals surface area contributed by atoms with E-state index in [1.54, 1.807) is 16.4 Å². The molecule has 6 heteroatoms. The van der Waals surface area contributed by atoms with Gasteiger partial charge in [0.15, 0.2) is 0 Å². The molecule has 1 fully saturated rings. The van der Waals surface area contributed by atoms with Crippen molar-refractivity contribution < 1.29 is 8.42 Å². The molecule has 1 heterocycles. The number of benzene rings is 4. The summed E-state index contributed by atoms with van der Waals surface area (Å²) >= 11 is 0. The van der Waals surface area contributed by atoms with E-state index in [-0.39, 0.29) is 0 Å². The Kier molecular flexibility index (Phi) is 8.05. The molecular formula is C32H35N3O2S.